The third-order valence-electron chi connectivity index (χ3n) is 4.93. The molecule has 9 heteroatoms. The Hall–Kier alpha value is -3.20. The lowest BCUT2D eigenvalue weighted by molar-refractivity contribution is -0.114. The van der Waals surface area contributed by atoms with Crippen LogP contribution >= 0.6 is 0 Å². The summed E-state index contributed by atoms with van der Waals surface area (Å²) in [6, 6.07) is 8.63. The van der Waals surface area contributed by atoms with E-state index >= 15 is 0 Å². The number of rotatable bonds is 7. The number of aryl methyl sites for hydroxylation is 1. The van der Waals surface area contributed by atoms with Crippen LogP contribution in [0, 0.1) is 6.92 Å². The molecule has 3 rings (SSSR count). The van der Waals surface area contributed by atoms with Crippen LogP contribution in [0.3, 0.4) is 0 Å². The maximum Gasteiger partial charge on any atom is 0.264 e. The van der Waals surface area contributed by atoms with E-state index in [1.54, 1.807) is 24.3 Å². The molecule has 2 aromatic rings. The maximum atomic E-state index is 13.3. The van der Waals surface area contributed by atoms with Gasteiger partial charge in [-0.15, -0.1) is 0 Å². The zero-order valence-electron chi connectivity index (χ0n) is 17.8. The molecule has 1 heterocycles. The number of benzene rings is 2. The monoisotopic (exact) mass is 444 g/mol. The summed E-state index contributed by atoms with van der Waals surface area (Å²) in [5, 5.41) is 2.56. The van der Waals surface area contributed by atoms with Crippen molar-refractivity contribution in [1.82, 2.24) is 4.90 Å². The third kappa shape index (κ3) is 4.61. The van der Waals surface area contributed by atoms with Crippen LogP contribution in [0.2, 0.25) is 0 Å². The molecule has 2 aromatic carbocycles. The van der Waals surface area contributed by atoms with Crippen molar-refractivity contribution in [1.29, 1.82) is 0 Å². The number of amides is 3. The first-order chi connectivity index (χ1) is 14.5. The van der Waals surface area contributed by atoms with Gasteiger partial charge < -0.3 is 10.1 Å². The standard InChI is InChI=1S/C22H24N2O6S/c1-5-30-19-11-15(10-9-13(19)2)18(12-31(4,28)29)24-21(26)16-7-6-8-17(23-14(3)25)20(16)22(24)27/h6-11,18H,5,12H2,1-4H3,(H,23,25)/t18-/m1/s1. The minimum Gasteiger partial charge on any atom is -0.494 e. The Labute approximate surface area is 181 Å². The Morgan fingerprint density at radius 1 is 1.16 bits per heavy atom. The predicted octanol–water partition coefficient (Wildman–Crippen LogP) is 2.73. The summed E-state index contributed by atoms with van der Waals surface area (Å²) >= 11 is 0. The van der Waals surface area contributed by atoms with E-state index in [0.717, 1.165) is 16.7 Å². The number of fused-ring (bicyclic) bond motifs is 1. The van der Waals surface area contributed by atoms with Crippen LogP contribution in [0.5, 0.6) is 5.75 Å². The van der Waals surface area contributed by atoms with Gasteiger partial charge in [-0.1, -0.05) is 18.2 Å². The zero-order chi connectivity index (χ0) is 22.9. The van der Waals surface area contributed by atoms with Gasteiger partial charge >= 0.3 is 0 Å². The van der Waals surface area contributed by atoms with Gasteiger partial charge in [-0.3, -0.25) is 19.3 Å². The number of hydrogen-bond acceptors (Lipinski definition) is 6. The zero-order valence-corrected chi connectivity index (χ0v) is 18.6. The molecule has 3 amide bonds. The lowest BCUT2D eigenvalue weighted by atomic mass is 10.0. The van der Waals surface area contributed by atoms with E-state index in [1.165, 1.54) is 19.1 Å². The van der Waals surface area contributed by atoms with Crippen LogP contribution in [0.15, 0.2) is 36.4 Å². The van der Waals surface area contributed by atoms with Gasteiger partial charge in [0, 0.05) is 13.2 Å². The molecule has 0 fully saturated rings. The highest BCUT2D eigenvalue weighted by atomic mass is 32.2. The van der Waals surface area contributed by atoms with Gasteiger partial charge in [-0.05, 0) is 43.2 Å². The topological polar surface area (TPSA) is 110 Å². The summed E-state index contributed by atoms with van der Waals surface area (Å²) in [5.41, 5.74) is 1.70. The number of carbonyl (C=O) groups is 3. The minimum absolute atomic E-state index is 0.0540. The molecule has 1 atom stereocenters. The summed E-state index contributed by atoms with van der Waals surface area (Å²) in [7, 11) is -3.56. The highest BCUT2D eigenvalue weighted by molar-refractivity contribution is 7.90. The smallest absolute Gasteiger partial charge is 0.264 e. The molecular formula is C22H24N2O6S. The normalized spacial score (nSPS) is 14.4. The first kappa shape index (κ1) is 22.5. The van der Waals surface area contributed by atoms with Crippen molar-refractivity contribution in [3.05, 3.63) is 58.7 Å². The largest absolute Gasteiger partial charge is 0.494 e. The molecule has 1 aliphatic heterocycles. The molecule has 0 unspecified atom stereocenters. The lowest BCUT2D eigenvalue weighted by Gasteiger charge is -2.27. The Morgan fingerprint density at radius 2 is 1.87 bits per heavy atom. The summed E-state index contributed by atoms with van der Waals surface area (Å²) in [4.78, 5) is 39.0. The van der Waals surface area contributed by atoms with E-state index in [9.17, 15) is 22.8 Å². The first-order valence-electron chi connectivity index (χ1n) is 9.73. The highest BCUT2D eigenvalue weighted by Gasteiger charge is 2.43. The molecule has 1 aliphatic rings. The molecule has 0 saturated heterocycles. The Bertz CT molecular complexity index is 1170. The van der Waals surface area contributed by atoms with Crippen LogP contribution < -0.4 is 10.1 Å². The van der Waals surface area contributed by atoms with Gasteiger partial charge in [0.25, 0.3) is 11.8 Å². The van der Waals surface area contributed by atoms with Gasteiger partial charge in [-0.2, -0.15) is 0 Å². The predicted molar refractivity (Wildman–Crippen MR) is 116 cm³/mol. The second-order valence-electron chi connectivity index (χ2n) is 7.46. The number of nitrogens with zero attached hydrogens (tertiary/aromatic N) is 1. The molecule has 0 aliphatic carbocycles. The van der Waals surface area contributed by atoms with Crippen molar-refractivity contribution < 1.29 is 27.5 Å². The first-order valence-corrected chi connectivity index (χ1v) is 11.8. The SMILES string of the molecule is CCOc1cc([C@@H](CS(C)(=O)=O)N2C(=O)c3cccc(NC(C)=O)c3C2=O)ccc1C. The Morgan fingerprint density at radius 3 is 2.48 bits per heavy atom. The summed E-state index contributed by atoms with van der Waals surface area (Å²) < 4.78 is 30.0. The van der Waals surface area contributed by atoms with Crippen LogP contribution in [-0.2, 0) is 14.6 Å². The van der Waals surface area contributed by atoms with E-state index in [1.807, 2.05) is 13.8 Å². The number of ether oxygens (including phenoxy) is 1. The highest BCUT2D eigenvalue weighted by Crippen LogP contribution is 2.37. The van der Waals surface area contributed by atoms with Crippen molar-refractivity contribution in [2.24, 2.45) is 0 Å². The average Bonchev–Trinajstić information content (AvgIpc) is 2.92. The van der Waals surface area contributed by atoms with Gasteiger partial charge in [0.2, 0.25) is 5.91 Å². The number of sulfone groups is 1. The fourth-order valence-electron chi connectivity index (χ4n) is 3.62. The third-order valence-corrected chi connectivity index (χ3v) is 5.85. The summed E-state index contributed by atoms with van der Waals surface area (Å²) in [6.45, 7) is 5.39. The molecule has 0 radical (unpaired) electrons. The van der Waals surface area contributed by atoms with E-state index < -0.39 is 33.4 Å². The van der Waals surface area contributed by atoms with Crippen LogP contribution in [0.25, 0.3) is 0 Å². The van der Waals surface area contributed by atoms with Crippen molar-refractivity contribution in [3.8, 4) is 5.75 Å². The molecule has 164 valence electrons. The maximum absolute atomic E-state index is 13.3. The molecule has 0 saturated carbocycles. The average molecular weight is 445 g/mol. The quantitative estimate of drug-likeness (QED) is 0.658. The van der Waals surface area contributed by atoms with Crippen molar-refractivity contribution in [2.75, 3.05) is 23.9 Å². The number of nitrogens with one attached hydrogen (secondary N) is 1. The summed E-state index contributed by atoms with van der Waals surface area (Å²) in [6.07, 6.45) is 1.05. The van der Waals surface area contributed by atoms with E-state index in [0.29, 0.717) is 17.9 Å². The van der Waals surface area contributed by atoms with Gasteiger partial charge in [-0.25, -0.2) is 8.42 Å². The second-order valence-corrected chi connectivity index (χ2v) is 9.64. The fourth-order valence-corrected chi connectivity index (χ4v) is 4.54. The molecule has 1 N–H and O–H groups in total. The number of imide groups is 1. The van der Waals surface area contributed by atoms with Crippen molar-refractivity contribution >= 4 is 33.2 Å². The Balaban J connectivity index is 2.13. The van der Waals surface area contributed by atoms with Crippen LogP contribution in [0.1, 0.15) is 51.7 Å². The minimum atomic E-state index is -3.56. The van der Waals surface area contributed by atoms with Crippen molar-refractivity contribution in [3.63, 3.8) is 0 Å². The molecule has 0 spiro atoms. The Kier molecular flexibility index (Phi) is 6.17. The fraction of sp³-hybridized carbons (Fsp3) is 0.318. The van der Waals surface area contributed by atoms with E-state index in [2.05, 4.69) is 5.32 Å². The van der Waals surface area contributed by atoms with E-state index in [4.69, 9.17) is 4.74 Å². The van der Waals surface area contributed by atoms with E-state index in [-0.39, 0.29) is 22.7 Å². The molecule has 8 nitrogen and oxygen atoms in total. The summed E-state index contributed by atoms with van der Waals surface area (Å²) in [5.74, 6) is -1.55. The number of carbonyl (C=O) groups excluding carboxylic acids is 3. The van der Waals surface area contributed by atoms with Crippen LogP contribution in [0.4, 0.5) is 5.69 Å². The van der Waals surface area contributed by atoms with Gasteiger partial charge in [0.05, 0.1) is 35.2 Å². The van der Waals surface area contributed by atoms with Crippen LogP contribution in [-0.4, -0.2) is 49.7 Å². The van der Waals surface area contributed by atoms with Crippen molar-refractivity contribution in [2.45, 2.75) is 26.8 Å². The van der Waals surface area contributed by atoms with Gasteiger partial charge in [0.15, 0.2) is 0 Å². The number of hydrogen-bond donors (Lipinski definition) is 1. The lowest BCUT2D eigenvalue weighted by Crippen LogP contribution is -2.37. The molecular weight excluding hydrogens is 420 g/mol. The molecule has 0 aromatic heterocycles. The molecule has 31 heavy (non-hydrogen) atoms. The number of anilines is 1. The molecule has 0 bridgehead atoms. The van der Waals surface area contributed by atoms with Gasteiger partial charge in [0.1, 0.15) is 15.6 Å². The second kappa shape index (κ2) is 8.50.